The van der Waals surface area contributed by atoms with Crippen molar-refractivity contribution in [3.05, 3.63) is 18.0 Å². The van der Waals surface area contributed by atoms with Crippen LogP contribution in [0, 0.1) is 5.92 Å². The van der Waals surface area contributed by atoms with E-state index in [1.165, 1.54) is 12.0 Å². The minimum Gasteiger partial charge on any atom is -0.384 e. The molecule has 6 heteroatoms. The van der Waals surface area contributed by atoms with Gasteiger partial charge in [0.25, 0.3) is 0 Å². The Morgan fingerprint density at radius 3 is 3.10 bits per heavy atom. The topological polar surface area (TPSA) is 54.7 Å². The molecular formula is C15H27N5O. The zero-order valence-electron chi connectivity index (χ0n) is 13.4. The first kappa shape index (κ1) is 15.8. The molecule has 1 aliphatic rings. The second kappa shape index (κ2) is 8.02. The first-order valence-electron chi connectivity index (χ1n) is 7.72. The number of rotatable bonds is 6. The molecule has 1 aliphatic heterocycles. The standard InChI is InChI=1S/C15H27N5O/c1-4-16-15(20-8-6-14(11-20)12-21-3)17-7-5-13-9-18-19(2)10-13/h9-10,14H,4-8,11-12H2,1-3H3,(H,16,17). The molecule has 0 amide bonds. The minimum atomic E-state index is 0.622. The number of likely N-dealkylation sites (tertiary alicyclic amines) is 1. The van der Waals surface area contributed by atoms with Gasteiger partial charge in [0.05, 0.1) is 12.8 Å². The van der Waals surface area contributed by atoms with Gasteiger partial charge in [0.15, 0.2) is 5.96 Å². The van der Waals surface area contributed by atoms with Gasteiger partial charge in [-0.2, -0.15) is 5.10 Å². The van der Waals surface area contributed by atoms with E-state index in [0.717, 1.165) is 45.2 Å². The molecule has 1 fully saturated rings. The van der Waals surface area contributed by atoms with Crippen LogP contribution in [0.25, 0.3) is 0 Å². The van der Waals surface area contributed by atoms with E-state index in [-0.39, 0.29) is 0 Å². The number of aliphatic imine (C=N–C) groups is 1. The Bertz CT molecular complexity index is 457. The van der Waals surface area contributed by atoms with E-state index in [9.17, 15) is 0 Å². The summed E-state index contributed by atoms with van der Waals surface area (Å²) in [6.07, 6.45) is 6.07. The van der Waals surface area contributed by atoms with E-state index in [0.29, 0.717) is 5.92 Å². The third-order valence-electron chi connectivity index (χ3n) is 3.74. The highest BCUT2D eigenvalue weighted by Gasteiger charge is 2.24. The van der Waals surface area contributed by atoms with E-state index in [1.807, 2.05) is 24.1 Å². The second-order valence-corrected chi connectivity index (χ2v) is 5.56. The predicted molar refractivity (Wildman–Crippen MR) is 84.4 cm³/mol. The van der Waals surface area contributed by atoms with Crippen molar-refractivity contribution in [3.8, 4) is 0 Å². The number of ether oxygens (including phenoxy) is 1. The molecular weight excluding hydrogens is 266 g/mol. The van der Waals surface area contributed by atoms with Gasteiger partial charge in [-0.3, -0.25) is 9.67 Å². The summed E-state index contributed by atoms with van der Waals surface area (Å²) in [6.45, 7) is 6.74. The average molecular weight is 293 g/mol. The van der Waals surface area contributed by atoms with Crippen LogP contribution in [0.4, 0.5) is 0 Å². The third kappa shape index (κ3) is 4.74. The Hall–Kier alpha value is -1.56. The molecule has 0 aliphatic carbocycles. The molecule has 0 aromatic carbocycles. The van der Waals surface area contributed by atoms with E-state index in [4.69, 9.17) is 9.73 Å². The van der Waals surface area contributed by atoms with Crippen LogP contribution in [0.2, 0.25) is 0 Å². The number of hydrogen-bond donors (Lipinski definition) is 1. The van der Waals surface area contributed by atoms with E-state index in [1.54, 1.807) is 7.11 Å². The lowest BCUT2D eigenvalue weighted by molar-refractivity contribution is 0.157. The number of nitrogens with zero attached hydrogens (tertiary/aromatic N) is 4. The first-order valence-corrected chi connectivity index (χ1v) is 7.72. The van der Waals surface area contributed by atoms with Gasteiger partial charge in [0.1, 0.15) is 0 Å². The Labute approximate surface area is 127 Å². The highest BCUT2D eigenvalue weighted by atomic mass is 16.5. The lowest BCUT2D eigenvalue weighted by Crippen LogP contribution is -2.40. The lowest BCUT2D eigenvalue weighted by Gasteiger charge is -2.21. The molecule has 1 unspecified atom stereocenters. The van der Waals surface area contributed by atoms with Gasteiger partial charge < -0.3 is 15.0 Å². The molecule has 118 valence electrons. The fraction of sp³-hybridized carbons (Fsp3) is 0.733. The summed E-state index contributed by atoms with van der Waals surface area (Å²) in [5.74, 6) is 1.65. The van der Waals surface area contributed by atoms with E-state index < -0.39 is 0 Å². The molecule has 21 heavy (non-hydrogen) atoms. The van der Waals surface area contributed by atoms with Crippen molar-refractivity contribution in [2.45, 2.75) is 19.8 Å². The van der Waals surface area contributed by atoms with Crippen molar-refractivity contribution in [2.24, 2.45) is 18.0 Å². The van der Waals surface area contributed by atoms with Crippen LogP contribution in [-0.2, 0) is 18.2 Å². The molecule has 1 saturated heterocycles. The van der Waals surface area contributed by atoms with Gasteiger partial charge in [0.2, 0.25) is 0 Å². The molecule has 2 rings (SSSR count). The SMILES string of the molecule is CCNC(=NCCc1cnn(C)c1)N1CCC(COC)C1. The minimum absolute atomic E-state index is 0.622. The van der Waals surface area contributed by atoms with Crippen molar-refractivity contribution < 1.29 is 4.74 Å². The quantitative estimate of drug-likeness (QED) is 0.625. The highest BCUT2D eigenvalue weighted by molar-refractivity contribution is 5.80. The third-order valence-corrected chi connectivity index (χ3v) is 3.74. The normalized spacial score (nSPS) is 19.3. The smallest absolute Gasteiger partial charge is 0.193 e. The maximum Gasteiger partial charge on any atom is 0.193 e. The Morgan fingerprint density at radius 1 is 1.57 bits per heavy atom. The highest BCUT2D eigenvalue weighted by Crippen LogP contribution is 2.16. The second-order valence-electron chi connectivity index (χ2n) is 5.56. The summed E-state index contributed by atoms with van der Waals surface area (Å²) in [5.41, 5.74) is 1.23. The fourth-order valence-electron chi connectivity index (χ4n) is 2.71. The lowest BCUT2D eigenvalue weighted by atomic mass is 10.1. The molecule has 1 atom stereocenters. The van der Waals surface area contributed by atoms with Crippen molar-refractivity contribution >= 4 is 5.96 Å². The van der Waals surface area contributed by atoms with Gasteiger partial charge in [-0.1, -0.05) is 0 Å². The molecule has 1 N–H and O–H groups in total. The summed E-state index contributed by atoms with van der Waals surface area (Å²) >= 11 is 0. The number of guanidine groups is 1. The summed E-state index contributed by atoms with van der Waals surface area (Å²) in [5, 5.41) is 7.58. The van der Waals surface area contributed by atoms with Crippen molar-refractivity contribution in [1.29, 1.82) is 0 Å². The zero-order chi connectivity index (χ0) is 15.1. The molecule has 0 bridgehead atoms. The van der Waals surface area contributed by atoms with Crippen LogP contribution in [0.5, 0.6) is 0 Å². The van der Waals surface area contributed by atoms with Gasteiger partial charge in [0, 0.05) is 52.5 Å². The molecule has 6 nitrogen and oxygen atoms in total. The van der Waals surface area contributed by atoms with Crippen LogP contribution in [0.3, 0.4) is 0 Å². The van der Waals surface area contributed by atoms with Crippen LogP contribution >= 0.6 is 0 Å². The number of methoxy groups -OCH3 is 1. The summed E-state index contributed by atoms with van der Waals surface area (Å²) in [4.78, 5) is 7.09. The number of nitrogens with one attached hydrogen (secondary N) is 1. The monoisotopic (exact) mass is 293 g/mol. The van der Waals surface area contributed by atoms with Crippen LogP contribution < -0.4 is 5.32 Å². The number of hydrogen-bond acceptors (Lipinski definition) is 3. The van der Waals surface area contributed by atoms with Crippen molar-refractivity contribution in [3.63, 3.8) is 0 Å². The van der Waals surface area contributed by atoms with Gasteiger partial charge in [-0.15, -0.1) is 0 Å². The fourth-order valence-corrected chi connectivity index (χ4v) is 2.71. The first-order chi connectivity index (χ1) is 10.2. The van der Waals surface area contributed by atoms with E-state index in [2.05, 4.69) is 22.2 Å². The maximum atomic E-state index is 5.26. The molecule has 0 spiro atoms. The number of aromatic nitrogens is 2. The average Bonchev–Trinajstić information content (AvgIpc) is 3.08. The van der Waals surface area contributed by atoms with Crippen LogP contribution in [-0.4, -0.2) is 60.5 Å². The molecule has 0 saturated carbocycles. The van der Waals surface area contributed by atoms with Gasteiger partial charge in [-0.05, 0) is 25.3 Å². The molecule has 1 aromatic heterocycles. The van der Waals surface area contributed by atoms with Gasteiger partial charge >= 0.3 is 0 Å². The number of aryl methyl sites for hydroxylation is 1. The van der Waals surface area contributed by atoms with Crippen LogP contribution in [0.15, 0.2) is 17.4 Å². The Balaban J connectivity index is 1.87. The summed E-state index contributed by atoms with van der Waals surface area (Å²) in [6, 6.07) is 0. The molecule has 0 radical (unpaired) electrons. The Morgan fingerprint density at radius 2 is 2.43 bits per heavy atom. The van der Waals surface area contributed by atoms with Gasteiger partial charge in [-0.25, -0.2) is 0 Å². The molecule has 2 heterocycles. The van der Waals surface area contributed by atoms with Crippen LogP contribution in [0.1, 0.15) is 18.9 Å². The molecule has 1 aromatic rings. The van der Waals surface area contributed by atoms with Crippen molar-refractivity contribution in [2.75, 3.05) is 39.9 Å². The predicted octanol–water partition coefficient (Wildman–Crippen LogP) is 0.896. The summed E-state index contributed by atoms with van der Waals surface area (Å²) in [7, 11) is 3.72. The largest absolute Gasteiger partial charge is 0.384 e. The van der Waals surface area contributed by atoms with E-state index >= 15 is 0 Å². The zero-order valence-corrected chi connectivity index (χ0v) is 13.4. The Kier molecular flexibility index (Phi) is 6.04. The maximum absolute atomic E-state index is 5.26. The van der Waals surface area contributed by atoms with Crippen molar-refractivity contribution in [1.82, 2.24) is 20.0 Å². The summed E-state index contributed by atoms with van der Waals surface area (Å²) < 4.78 is 7.09.